The average molecular weight is 301 g/mol. The van der Waals surface area contributed by atoms with Gasteiger partial charge in [-0.25, -0.2) is 9.97 Å². The summed E-state index contributed by atoms with van der Waals surface area (Å²) >= 11 is 0. The van der Waals surface area contributed by atoms with E-state index < -0.39 is 0 Å². The molecule has 0 N–H and O–H groups in total. The molecule has 3 aromatic rings. The summed E-state index contributed by atoms with van der Waals surface area (Å²) < 4.78 is 0. The highest BCUT2D eigenvalue weighted by Gasteiger charge is 2.18. The third-order valence-corrected chi connectivity index (χ3v) is 3.37. The molecular weight excluding hydrogens is 286 g/mol. The number of aromatic nitrogens is 3. The molecule has 0 aliphatic carbocycles. The first-order chi connectivity index (χ1) is 11.2. The van der Waals surface area contributed by atoms with Crippen molar-refractivity contribution in [1.82, 2.24) is 15.0 Å². The Kier molecular flexibility index (Phi) is 3.98. The van der Waals surface area contributed by atoms with Crippen molar-refractivity contribution in [3.63, 3.8) is 0 Å². The molecule has 0 saturated carbocycles. The van der Waals surface area contributed by atoms with Crippen molar-refractivity contribution < 1.29 is 0 Å². The van der Waals surface area contributed by atoms with Crippen molar-refractivity contribution in [1.29, 1.82) is 5.26 Å². The molecule has 2 aromatic heterocycles. The standard InChI is InChI=1S/C18H15N5/c1-23(2)18-14(12-19)16(13-8-4-3-5-9-13)21-17(22-18)15-10-6-7-11-20-15/h3-11H,1-2H3. The molecule has 0 atom stereocenters. The molecule has 0 bridgehead atoms. The highest BCUT2D eigenvalue weighted by molar-refractivity contribution is 5.75. The van der Waals surface area contributed by atoms with Gasteiger partial charge in [0.15, 0.2) is 11.6 Å². The summed E-state index contributed by atoms with van der Waals surface area (Å²) in [4.78, 5) is 15.3. The second kappa shape index (κ2) is 6.24. The van der Waals surface area contributed by atoms with E-state index in [-0.39, 0.29) is 0 Å². The third-order valence-electron chi connectivity index (χ3n) is 3.37. The normalized spacial score (nSPS) is 10.1. The van der Waals surface area contributed by atoms with Crippen molar-refractivity contribution in [3.05, 3.63) is 60.3 Å². The van der Waals surface area contributed by atoms with Crippen LogP contribution in [0.3, 0.4) is 0 Å². The lowest BCUT2D eigenvalue weighted by atomic mass is 10.1. The summed E-state index contributed by atoms with van der Waals surface area (Å²) in [5.41, 5.74) is 2.64. The van der Waals surface area contributed by atoms with E-state index >= 15 is 0 Å². The zero-order chi connectivity index (χ0) is 16.2. The summed E-state index contributed by atoms with van der Waals surface area (Å²) in [5, 5.41) is 9.60. The van der Waals surface area contributed by atoms with Crippen LogP contribution in [0.5, 0.6) is 0 Å². The van der Waals surface area contributed by atoms with Gasteiger partial charge < -0.3 is 4.90 Å². The highest BCUT2D eigenvalue weighted by Crippen LogP contribution is 2.29. The molecule has 0 spiro atoms. The first-order valence-corrected chi connectivity index (χ1v) is 7.17. The van der Waals surface area contributed by atoms with E-state index in [1.807, 2.05) is 67.5 Å². The molecule has 3 rings (SSSR count). The summed E-state index contributed by atoms with van der Waals surface area (Å²) in [6.07, 6.45) is 1.70. The fraction of sp³-hybridized carbons (Fsp3) is 0.111. The number of nitrogens with zero attached hydrogens (tertiary/aromatic N) is 5. The number of rotatable bonds is 3. The fourth-order valence-electron chi connectivity index (χ4n) is 2.29. The summed E-state index contributed by atoms with van der Waals surface area (Å²) in [7, 11) is 3.72. The van der Waals surface area contributed by atoms with Crippen LogP contribution in [0.4, 0.5) is 5.82 Å². The summed E-state index contributed by atoms with van der Waals surface area (Å²) in [6.45, 7) is 0. The number of nitriles is 1. The lowest BCUT2D eigenvalue weighted by Crippen LogP contribution is -2.15. The van der Waals surface area contributed by atoms with Gasteiger partial charge in [0.25, 0.3) is 0 Å². The quantitative estimate of drug-likeness (QED) is 0.743. The van der Waals surface area contributed by atoms with Crippen LogP contribution in [0.25, 0.3) is 22.8 Å². The molecule has 0 radical (unpaired) electrons. The van der Waals surface area contributed by atoms with Crippen molar-refractivity contribution >= 4 is 5.82 Å². The topological polar surface area (TPSA) is 65.7 Å². The lowest BCUT2D eigenvalue weighted by molar-refractivity contribution is 1.03. The van der Waals surface area contributed by atoms with Crippen LogP contribution >= 0.6 is 0 Å². The Balaban J connectivity index is 2.29. The van der Waals surface area contributed by atoms with Crippen molar-refractivity contribution in [2.75, 3.05) is 19.0 Å². The fourth-order valence-corrected chi connectivity index (χ4v) is 2.29. The SMILES string of the molecule is CN(C)c1nc(-c2ccccn2)nc(-c2ccccc2)c1C#N. The van der Waals surface area contributed by atoms with Crippen LogP contribution in [0.1, 0.15) is 5.56 Å². The Morgan fingerprint density at radius 2 is 1.70 bits per heavy atom. The van der Waals surface area contributed by atoms with Gasteiger partial charge in [-0.1, -0.05) is 36.4 Å². The van der Waals surface area contributed by atoms with Gasteiger partial charge in [0.1, 0.15) is 17.3 Å². The van der Waals surface area contributed by atoms with Gasteiger partial charge in [-0.15, -0.1) is 0 Å². The van der Waals surface area contributed by atoms with Gasteiger partial charge >= 0.3 is 0 Å². The highest BCUT2D eigenvalue weighted by atomic mass is 15.2. The van der Waals surface area contributed by atoms with Gasteiger partial charge in [-0.3, -0.25) is 4.98 Å². The first-order valence-electron chi connectivity index (χ1n) is 7.17. The Hall–Kier alpha value is -3.26. The molecule has 0 unspecified atom stereocenters. The Morgan fingerprint density at radius 3 is 2.30 bits per heavy atom. The van der Waals surface area contributed by atoms with Crippen LogP contribution < -0.4 is 4.90 Å². The average Bonchev–Trinajstić information content (AvgIpc) is 2.62. The van der Waals surface area contributed by atoms with E-state index in [1.54, 1.807) is 6.20 Å². The molecule has 0 amide bonds. The van der Waals surface area contributed by atoms with E-state index in [1.165, 1.54) is 0 Å². The molecule has 0 fully saturated rings. The molecule has 0 aliphatic heterocycles. The van der Waals surface area contributed by atoms with Crippen LogP contribution in [0, 0.1) is 11.3 Å². The zero-order valence-corrected chi connectivity index (χ0v) is 12.9. The molecule has 112 valence electrons. The number of anilines is 1. The van der Waals surface area contributed by atoms with E-state index in [2.05, 4.69) is 21.0 Å². The third kappa shape index (κ3) is 2.87. The van der Waals surface area contributed by atoms with Crippen LogP contribution in [0.2, 0.25) is 0 Å². The summed E-state index contributed by atoms with van der Waals surface area (Å²) in [5.74, 6) is 1.09. The van der Waals surface area contributed by atoms with Gasteiger partial charge in [0.2, 0.25) is 0 Å². The van der Waals surface area contributed by atoms with Crippen molar-refractivity contribution in [3.8, 4) is 28.8 Å². The molecule has 23 heavy (non-hydrogen) atoms. The maximum absolute atomic E-state index is 9.60. The van der Waals surface area contributed by atoms with Crippen molar-refractivity contribution in [2.24, 2.45) is 0 Å². The number of benzene rings is 1. The zero-order valence-electron chi connectivity index (χ0n) is 12.9. The van der Waals surface area contributed by atoms with Crippen molar-refractivity contribution in [2.45, 2.75) is 0 Å². The number of hydrogen-bond acceptors (Lipinski definition) is 5. The Morgan fingerprint density at radius 1 is 0.957 bits per heavy atom. The second-order valence-electron chi connectivity index (χ2n) is 5.18. The maximum atomic E-state index is 9.60. The minimum absolute atomic E-state index is 0.459. The van der Waals surface area contributed by atoms with Gasteiger partial charge in [-0.2, -0.15) is 5.26 Å². The molecule has 5 heteroatoms. The van der Waals surface area contributed by atoms with Crippen LogP contribution in [0.15, 0.2) is 54.7 Å². The van der Waals surface area contributed by atoms with Gasteiger partial charge in [-0.05, 0) is 12.1 Å². The Bertz CT molecular complexity index is 852. The van der Waals surface area contributed by atoms with E-state index in [9.17, 15) is 5.26 Å². The van der Waals surface area contributed by atoms with Gasteiger partial charge in [0, 0.05) is 25.9 Å². The minimum atomic E-state index is 0.459. The molecule has 2 heterocycles. The van der Waals surface area contributed by atoms with E-state index in [4.69, 9.17) is 0 Å². The minimum Gasteiger partial charge on any atom is -0.362 e. The predicted octanol–water partition coefficient (Wildman–Crippen LogP) is 3.14. The maximum Gasteiger partial charge on any atom is 0.180 e. The molecule has 1 aromatic carbocycles. The smallest absolute Gasteiger partial charge is 0.180 e. The van der Waals surface area contributed by atoms with Crippen LogP contribution in [-0.4, -0.2) is 29.0 Å². The van der Waals surface area contributed by atoms with Gasteiger partial charge in [0.05, 0.1) is 5.69 Å². The Labute approximate surface area is 134 Å². The molecule has 5 nitrogen and oxygen atoms in total. The molecule has 0 aliphatic rings. The van der Waals surface area contributed by atoms with E-state index in [0.717, 1.165) is 5.56 Å². The first kappa shape index (κ1) is 14.7. The predicted molar refractivity (Wildman–Crippen MR) is 89.7 cm³/mol. The van der Waals surface area contributed by atoms with Crippen LogP contribution in [-0.2, 0) is 0 Å². The number of hydrogen-bond donors (Lipinski definition) is 0. The monoisotopic (exact) mass is 301 g/mol. The largest absolute Gasteiger partial charge is 0.362 e. The van der Waals surface area contributed by atoms with E-state index in [0.29, 0.717) is 28.6 Å². The molecular formula is C18H15N5. The lowest BCUT2D eigenvalue weighted by Gasteiger charge is -2.16. The summed E-state index contributed by atoms with van der Waals surface area (Å²) in [6, 6.07) is 17.5. The number of pyridine rings is 1. The second-order valence-corrected chi connectivity index (χ2v) is 5.18. The molecule has 0 saturated heterocycles.